The van der Waals surface area contributed by atoms with Crippen molar-refractivity contribution in [3.05, 3.63) is 18.2 Å². The predicted molar refractivity (Wildman–Crippen MR) is 73.2 cm³/mol. The van der Waals surface area contributed by atoms with Crippen molar-refractivity contribution >= 4 is 0 Å². The summed E-state index contributed by atoms with van der Waals surface area (Å²) in [4.78, 5) is 4.45. The fourth-order valence-electron chi connectivity index (χ4n) is 2.18. The van der Waals surface area contributed by atoms with Gasteiger partial charge in [0.25, 0.3) is 0 Å². The minimum atomic E-state index is 0.490. The molecule has 1 aromatic rings. The van der Waals surface area contributed by atoms with Gasteiger partial charge < -0.3 is 9.88 Å². The first-order chi connectivity index (χ1) is 8.10. The highest BCUT2D eigenvalue weighted by Gasteiger charge is 2.17. The van der Waals surface area contributed by atoms with Gasteiger partial charge in [-0.05, 0) is 12.5 Å². The topological polar surface area (TPSA) is 29.9 Å². The Labute approximate surface area is 106 Å². The molecule has 0 amide bonds. The van der Waals surface area contributed by atoms with E-state index >= 15 is 0 Å². The van der Waals surface area contributed by atoms with Crippen LogP contribution in [0.15, 0.2) is 12.4 Å². The van der Waals surface area contributed by atoms with Crippen LogP contribution in [0, 0.1) is 5.92 Å². The Morgan fingerprint density at radius 1 is 1.29 bits per heavy atom. The van der Waals surface area contributed by atoms with Crippen molar-refractivity contribution in [2.75, 3.05) is 6.54 Å². The van der Waals surface area contributed by atoms with Crippen LogP contribution >= 0.6 is 0 Å². The molecule has 0 aromatic carbocycles. The number of nitrogens with one attached hydrogen (secondary N) is 1. The molecule has 0 radical (unpaired) electrons. The van der Waals surface area contributed by atoms with Crippen LogP contribution in [0.3, 0.4) is 0 Å². The van der Waals surface area contributed by atoms with Gasteiger partial charge in [-0.1, -0.05) is 41.0 Å². The van der Waals surface area contributed by atoms with Gasteiger partial charge in [0.15, 0.2) is 0 Å². The molecular formula is C14H27N3. The predicted octanol–water partition coefficient (Wildman–Crippen LogP) is 3.03. The highest BCUT2D eigenvalue weighted by Crippen LogP contribution is 2.15. The third-order valence-electron chi connectivity index (χ3n) is 3.45. The third-order valence-corrected chi connectivity index (χ3v) is 3.45. The maximum absolute atomic E-state index is 4.45. The fraction of sp³-hybridized carbons (Fsp3) is 0.786. The first-order valence-corrected chi connectivity index (χ1v) is 6.84. The molecule has 98 valence electrons. The van der Waals surface area contributed by atoms with Crippen molar-refractivity contribution in [3.8, 4) is 0 Å². The van der Waals surface area contributed by atoms with E-state index in [0.29, 0.717) is 17.9 Å². The molecule has 0 spiro atoms. The summed E-state index contributed by atoms with van der Waals surface area (Å²) >= 11 is 0. The standard InChI is InChI=1S/C14H27N3/c1-6-12(5)13(15-7-2)10-17-9-8-16-14(17)11(3)4/h8-9,11-13,15H,6-7,10H2,1-5H3. The van der Waals surface area contributed by atoms with Gasteiger partial charge >= 0.3 is 0 Å². The van der Waals surface area contributed by atoms with Crippen LogP contribution in [0.25, 0.3) is 0 Å². The van der Waals surface area contributed by atoms with Crippen molar-refractivity contribution in [1.82, 2.24) is 14.9 Å². The normalized spacial score (nSPS) is 15.2. The van der Waals surface area contributed by atoms with Crippen LogP contribution in [-0.4, -0.2) is 22.1 Å². The summed E-state index contributed by atoms with van der Waals surface area (Å²) < 4.78 is 2.30. The second-order valence-electron chi connectivity index (χ2n) is 5.14. The summed E-state index contributed by atoms with van der Waals surface area (Å²) in [5.74, 6) is 2.37. The van der Waals surface area contributed by atoms with E-state index in [2.05, 4.69) is 55.7 Å². The molecule has 0 aliphatic heterocycles. The summed E-state index contributed by atoms with van der Waals surface area (Å²) in [5.41, 5.74) is 0. The van der Waals surface area contributed by atoms with Crippen LogP contribution in [0.4, 0.5) is 0 Å². The molecule has 1 aromatic heterocycles. The molecule has 1 heterocycles. The van der Waals surface area contributed by atoms with Crippen LogP contribution in [0.5, 0.6) is 0 Å². The van der Waals surface area contributed by atoms with E-state index in [0.717, 1.165) is 13.1 Å². The Morgan fingerprint density at radius 2 is 2.00 bits per heavy atom. The zero-order valence-electron chi connectivity index (χ0n) is 11.9. The summed E-state index contributed by atoms with van der Waals surface area (Å²) in [6, 6.07) is 0.539. The molecule has 0 bridgehead atoms. The molecular weight excluding hydrogens is 210 g/mol. The SMILES string of the molecule is CCNC(Cn1ccnc1C(C)C)C(C)CC. The number of aromatic nitrogens is 2. The minimum Gasteiger partial charge on any atom is -0.333 e. The summed E-state index contributed by atoms with van der Waals surface area (Å²) in [6.45, 7) is 13.2. The summed E-state index contributed by atoms with van der Waals surface area (Å²) in [5, 5.41) is 3.59. The highest BCUT2D eigenvalue weighted by atomic mass is 15.1. The van der Waals surface area contributed by atoms with Gasteiger partial charge in [0.2, 0.25) is 0 Å². The van der Waals surface area contributed by atoms with E-state index in [1.54, 1.807) is 0 Å². The Morgan fingerprint density at radius 3 is 2.53 bits per heavy atom. The molecule has 17 heavy (non-hydrogen) atoms. The van der Waals surface area contributed by atoms with E-state index in [1.165, 1.54) is 12.2 Å². The lowest BCUT2D eigenvalue weighted by atomic mass is 9.99. The Bertz CT molecular complexity index is 317. The smallest absolute Gasteiger partial charge is 0.111 e. The number of rotatable bonds is 7. The van der Waals surface area contributed by atoms with E-state index in [4.69, 9.17) is 0 Å². The lowest BCUT2D eigenvalue weighted by Gasteiger charge is -2.25. The molecule has 0 saturated carbocycles. The van der Waals surface area contributed by atoms with Crippen molar-refractivity contribution in [3.63, 3.8) is 0 Å². The number of imidazole rings is 1. The average molecular weight is 237 g/mol. The molecule has 2 unspecified atom stereocenters. The monoisotopic (exact) mass is 237 g/mol. The summed E-state index contributed by atoms with van der Waals surface area (Å²) in [6.07, 6.45) is 5.22. The van der Waals surface area contributed by atoms with Gasteiger partial charge in [-0.25, -0.2) is 4.98 Å². The minimum absolute atomic E-state index is 0.490. The molecule has 1 N–H and O–H groups in total. The zero-order valence-corrected chi connectivity index (χ0v) is 11.9. The Kier molecular flexibility index (Phi) is 5.69. The molecule has 1 rings (SSSR count). The molecule has 0 aliphatic rings. The second-order valence-corrected chi connectivity index (χ2v) is 5.14. The largest absolute Gasteiger partial charge is 0.333 e. The highest BCUT2D eigenvalue weighted by molar-refractivity contribution is 4.98. The van der Waals surface area contributed by atoms with Gasteiger partial charge in [-0.2, -0.15) is 0 Å². The maximum Gasteiger partial charge on any atom is 0.111 e. The first kappa shape index (κ1) is 14.2. The molecule has 0 saturated heterocycles. The van der Waals surface area contributed by atoms with Crippen LogP contribution in [0.1, 0.15) is 52.8 Å². The van der Waals surface area contributed by atoms with E-state index in [1.807, 2.05) is 6.20 Å². The zero-order chi connectivity index (χ0) is 12.8. The molecule has 0 fully saturated rings. The lowest BCUT2D eigenvalue weighted by molar-refractivity contribution is 0.330. The number of hydrogen-bond donors (Lipinski definition) is 1. The second kappa shape index (κ2) is 6.80. The van der Waals surface area contributed by atoms with Crippen LogP contribution in [-0.2, 0) is 6.54 Å². The molecule has 2 atom stereocenters. The van der Waals surface area contributed by atoms with Crippen molar-refractivity contribution < 1.29 is 0 Å². The van der Waals surface area contributed by atoms with Crippen LogP contribution in [0.2, 0.25) is 0 Å². The third kappa shape index (κ3) is 3.84. The van der Waals surface area contributed by atoms with Gasteiger partial charge in [-0.3, -0.25) is 0 Å². The Balaban J connectivity index is 2.74. The van der Waals surface area contributed by atoms with Gasteiger partial charge in [0.1, 0.15) is 5.82 Å². The van der Waals surface area contributed by atoms with Crippen molar-refractivity contribution in [1.29, 1.82) is 0 Å². The van der Waals surface area contributed by atoms with Crippen molar-refractivity contribution in [2.45, 2.75) is 59.5 Å². The fourth-order valence-corrected chi connectivity index (χ4v) is 2.18. The van der Waals surface area contributed by atoms with Crippen LogP contribution < -0.4 is 5.32 Å². The van der Waals surface area contributed by atoms with Crippen molar-refractivity contribution in [2.24, 2.45) is 5.92 Å². The Hall–Kier alpha value is -0.830. The quantitative estimate of drug-likeness (QED) is 0.790. The first-order valence-electron chi connectivity index (χ1n) is 6.84. The molecule has 3 nitrogen and oxygen atoms in total. The van der Waals surface area contributed by atoms with E-state index < -0.39 is 0 Å². The molecule has 0 aliphatic carbocycles. The van der Waals surface area contributed by atoms with Gasteiger partial charge in [-0.15, -0.1) is 0 Å². The average Bonchev–Trinajstić information content (AvgIpc) is 2.75. The van der Waals surface area contributed by atoms with Gasteiger partial charge in [0, 0.05) is 30.9 Å². The number of likely N-dealkylation sites (N-methyl/N-ethyl adjacent to an activating group) is 1. The van der Waals surface area contributed by atoms with E-state index in [-0.39, 0.29) is 0 Å². The van der Waals surface area contributed by atoms with E-state index in [9.17, 15) is 0 Å². The number of nitrogens with zero attached hydrogens (tertiary/aromatic N) is 2. The maximum atomic E-state index is 4.45. The summed E-state index contributed by atoms with van der Waals surface area (Å²) in [7, 11) is 0. The number of hydrogen-bond acceptors (Lipinski definition) is 2. The lowest BCUT2D eigenvalue weighted by Crippen LogP contribution is -2.38. The van der Waals surface area contributed by atoms with Gasteiger partial charge in [0.05, 0.1) is 0 Å². The molecule has 3 heteroatoms.